The largest absolute Gasteiger partial charge is 0.461 e. The number of amides is 2. The summed E-state index contributed by atoms with van der Waals surface area (Å²) in [7, 11) is 0. The molecule has 2 amide bonds. The predicted octanol–water partition coefficient (Wildman–Crippen LogP) is 4.31. The highest BCUT2D eigenvalue weighted by Gasteiger charge is 2.31. The van der Waals surface area contributed by atoms with Crippen molar-refractivity contribution in [3.63, 3.8) is 0 Å². The number of carbonyl (C=O) groups is 1. The molecule has 1 fully saturated rings. The summed E-state index contributed by atoms with van der Waals surface area (Å²) >= 11 is 0. The summed E-state index contributed by atoms with van der Waals surface area (Å²) in [6.45, 7) is 1.08. The van der Waals surface area contributed by atoms with Crippen molar-refractivity contribution in [1.29, 1.82) is 0 Å². The summed E-state index contributed by atoms with van der Waals surface area (Å²) in [6, 6.07) is 13.1. The molecule has 3 aromatic heterocycles. The van der Waals surface area contributed by atoms with Gasteiger partial charge in [0.15, 0.2) is 17.2 Å². The first-order chi connectivity index (χ1) is 14.2. The number of imidazole rings is 1. The second-order valence-corrected chi connectivity index (χ2v) is 6.96. The average Bonchev–Trinajstić information content (AvgIpc) is 3.46. The van der Waals surface area contributed by atoms with Gasteiger partial charge in [-0.2, -0.15) is 0 Å². The van der Waals surface area contributed by atoms with E-state index in [9.17, 15) is 9.18 Å². The molecule has 4 aromatic rings. The van der Waals surface area contributed by atoms with Crippen LogP contribution in [-0.2, 0) is 0 Å². The molecule has 5 rings (SSSR count). The molecule has 0 radical (unpaired) electrons. The van der Waals surface area contributed by atoms with Crippen LogP contribution < -0.4 is 5.32 Å². The maximum atomic E-state index is 13.4. The zero-order chi connectivity index (χ0) is 19.8. The number of halogens is 1. The molecule has 1 unspecified atom stereocenters. The summed E-state index contributed by atoms with van der Waals surface area (Å²) in [6.07, 6.45) is 4.10. The molecule has 1 aliphatic rings. The summed E-state index contributed by atoms with van der Waals surface area (Å²) < 4.78 is 21.0. The van der Waals surface area contributed by atoms with Crippen LogP contribution in [0.25, 0.3) is 22.7 Å². The van der Waals surface area contributed by atoms with Crippen LogP contribution in [0.5, 0.6) is 0 Å². The van der Waals surface area contributed by atoms with Crippen LogP contribution in [0.1, 0.15) is 12.5 Å². The fourth-order valence-electron chi connectivity index (χ4n) is 3.76. The Kier molecular flexibility index (Phi) is 4.23. The van der Waals surface area contributed by atoms with Crippen molar-refractivity contribution in [2.75, 3.05) is 18.4 Å². The minimum atomic E-state index is -0.388. The predicted molar refractivity (Wildman–Crippen MR) is 106 cm³/mol. The Labute approximate surface area is 165 Å². The van der Waals surface area contributed by atoms with Crippen LogP contribution >= 0.6 is 0 Å². The third-order valence-corrected chi connectivity index (χ3v) is 5.08. The molecule has 29 heavy (non-hydrogen) atoms. The van der Waals surface area contributed by atoms with Crippen molar-refractivity contribution >= 4 is 22.9 Å². The number of rotatable bonds is 3. The highest BCUT2D eigenvalue weighted by molar-refractivity contribution is 5.89. The number of aromatic nitrogens is 3. The number of pyridine rings is 1. The number of hydrogen-bond acceptors (Lipinski definition) is 4. The van der Waals surface area contributed by atoms with Crippen molar-refractivity contribution < 1.29 is 13.6 Å². The number of hydrogen-bond donors (Lipinski definition) is 1. The maximum absolute atomic E-state index is 13.4. The van der Waals surface area contributed by atoms with Crippen LogP contribution in [0.4, 0.5) is 14.9 Å². The first-order valence-electron chi connectivity index (χ1n) is 9.37. The highest BCUT2D eigenvalue weighted by atomic mass is 19.1. The van der Waals surface area contributed by atoms with E-state index in [-0.39, 0.29) is 17.9 Å². The Bertz CT molecular complexity index is 1170. The minimum Gasteiger partial charge on any atom is -0.461 e. The molecule has 146 valence electrons. The Hall–Kier alpha value is -3.68. The zero-order valence-electron chi connectivity index (χ0n) is 15.5. The second kappa shape index (κ2) is 7.05. The normalized spacial score (nSPS) is 16.4. The van der Waals surface area contributed by atoms with E-state index < -0.39 is 0 Å². The van der Waals surface area contributed by atoms with Gasteiger partial charge in [0.2, 0.25) is 0 Å². The number of anilines is 1. The van der Waals surface area contributed by atoms with Crippen molar-refractivity contribution in [3.05, 3.63) is 66.8 Å². The molecule has 1 aromatic carbocycles. The molecule has 8 heteroatoms. The molecular formula is C21H18FN5O2. The minimum absolute atomic E-state index is 0.00765. The molecule has 1 aliphatic heterocycles. The van der Waals surface area contributed by atoms with Crippen LogP contribution in [0.3, 0.4) is 0 Å². The van der Waals surface area contributed by atoms with Crippen LogP contribution in [0.15, 0.2) is 65.4 Å². The molecule has 1 N–H and O–H groups in total. The number of urea groups is 1. The summed E-state index contributed by atoms with van der Waals surface area (Å²) in [5.74, 6) is 0.966. The number of furan rings is 1. The van der Waals surface area contributed by atoms with E-state index in [1.807, 2.05) is 28.8 Å². The quantitative estimate of drug-likeness (QED) is 0.565. The number of nitrogens with zero attached hydrogens (tertiary/aromatic N) is 4. The van der Waals surface area contributed by atoms with Gasteiger partial charge in [0.05, 0.1) is 12.3 Å². The average molecular weight is 391 g/mol. The fourth-order valence-corrected chi connectivity index (χ4v) is 3.76. The lowest BCUT2D eigenvalue weighted by Gasteiger charge is -2.19. The van der Waals surface area contributed by atoms with Gasteiger partial charge in [0, 0.05) is 25.0 Å². The van der Waals surface area contributed by atoms with Crippen LogP contribution in [0.2, 0.25) is 0 Å². The number of likely N-dealkylation sites (tertiary alicyclic amines) is 1. The van der Waals surface area contributed by atoms with Gasteiger partial charge in [-0.3, -0.25) is 0 Å². The van der Waals surface area contributed by atoms with Crippen LogP contribution in [0, 0.1) is 5.82 Å². The van der Waals surface area contributed by atoms with E-state index in [2.05, 4.69) is 10.3 Å². The SMILES string of the molecule is O=C(Nc1cccc(F)c1)N1CCC(n2c(-c3ccco3)nc3cccnc32)C1. The lowest BCUT2D eigenvalue weighted by molar-refractivity contribution is 0.221. The topological polar surface area (TPSA) is 76.2 Å². The van der Waals surface area contributed by atoms with Gasteiger partial charge in [-0.05, 0) is 48.9 Å². The van der Waals surface area contributed by atoms with Crippen molar-refractivity contribution in [2.24, 2.45) is 0 Å². The van der Waals surface area contributed by atoms with Crippen molar-refractivity contribution in [3.8, 4) is 11.6 Å². The zero-order valence-corrected chi connectivity index (χ0v) is 15.5. The number of fused-ring (bicyclic) bond motifs is 1. The monoisotopic (exact) mass is 391 g/mol. The van der Waals surface area contributed by atoms with Gasteiger partial charge in [-0.25, -0.2) is 19.2 Å². The molecule has 0 saturated carbocycles. The van der Waals surface area contributed by atoms with E-state index in [1.165, 1.54) is 12.1 Å². The van der Waals surface area contributed by atoms with Crippen molar-refractivity contribution in [2.45, 2.75) is 12.5 Å². The lowest BCUT2D eigenvalue weighted by atomic mass is 10.2. The molecule has 1 saturated heterocycles. The lowest BCUT2D eigenvalue weighted by Crippen LogP contribution is -2.33. The number of carbonyl (C=O) groups excluding carboxylic acids is 1. The molecule has 7 nitrogen and oxygen atoms in total. The van der Waals surface area contributed by atoms with Gasteiger partial charge in [0.25, 0.3) is 0 Å². The van der Waals surface area contributed by atoms with Gasteiger partial charge in [0.1, 0.15) is 11.3 Å². The fraction of sp³-hybridized carbons (Fsp3) is 0.190. The standard InChI is InChI=1S/C21H18FN5O2/c22-14-4-1-5-15(12-14)24-21(28)26-10-8-16(13-26)27-19-17(6-2-9-23-19)25-20(27)18-7-3-11-29-18/h1-7,9,11-12,16H,8,10,13H2,(H,24,28). The number of benzene rings is 1. The molecule has 0 bridgehead atoms. The molecule has 0 aliphatic carbocycles. The Morgan fingerprint density at radius 2 is 2.14 bits per heavy atom. The van der Waals surface area contributed by atoms with Gasteiger partial charge in [-0.15, -0.1) is 0 Å². The molecule has 4 heterocycles. The van der Waals surface area contributed by atoms with Crippen molar-refractivity contribution in [1.82, 2.24) is 19.4 Å². The Morgan fingerprint density at radius 3 is 2.97 bits per heavy atom. The summed E-state index contributed by atoms with van der Waals surface area (Å²) in [5, 5.41) is 2.76. The third kappa shape index (κ3) is 3.22. The van der Waals surface area contributed by atoms with E-state index in [0.29, 0.717) is 30.4 Å². The third-order valence-electron chi connectivity index (χ3n) is 5.08. The smallest absolute Gasteiger partial charge is 0.321 e. The molecule has 0 spiro atoms. The van der Waals surface area contributed by atoms with Gasteiger partial charge in [-0.1, -0.05) is 6.07 Å². The first-order valence-corrected chi connectivity index (χ1v) is 9.37. The van der Waals surface area contributed by atoms with Gasteiger partial charge < -0.3 is 19.2 Å². The summed E-state index contributed by atoms with van der Waals surface area (Å²) in [5.41, 5.74) is 1.97. The van der Waals surface area contributed by atoms with E-state index in [4.69, 9.17) is 9.40 Å². The van der Waals surface area contributed by atoms with E-state index >= 15 is 0 Å². The Balaban J connectivity index is 1.42. The summed E-state index contributed by atoms with van der Waals surface area (Å²) in [4.78, 5) is 23.6. The number of nitrogens with one attached hydrogen (secondary N) is 1. The highest BCUT2D eigenvalue weighted by Crippen LogP contribution is 2.32. The second-order valence-electron chi connectivity index (χ2n) is 6.96. The first kappa shape index (κ1) is 17.4. The van der Waals surface area contributed by atoms with Gasteiger partial charge >= 0.3 is 6.03 Å². The Morgan fingerprint density at radius 1 is 1.21 bits per heavy atom. The van der Waals surface area contributed by atoms with E-state index in [1.54, 1.807) is 29.5 Å². The molecule has 1 atom stereocenters. The molecular weight excluding hydrogens is 373 g/mol. The van der Waals surface area contributed by atoms with E-state index in [0.717, 1.165) is 17.6 Å². The maximum Gasteiger partial charge on any atom is 0.321 e. The van der Waals surface area contributed by atoms with Crippen LogP contribution in [-0.4, -0.2) is 38.6 Å².